The minimum atomic E-state index is -0.974. The maximum absolute atomic E-state index is 10.8. The molecular weight excluding hydrogens is 258 g/mol. The highest BCUT2D eigenvalue weighted by atomic mass is 16.5. The molecule has 0 aliphatic rings. The van der Waals surface area contributed by atoms with Crippen LogP contribution in [0.2, 0.25) is 0 Å². The first-order chi connectivity index (χ1) is 9.56. The van der Waals surface area contributed by atoms with Crippen molar-refractivity contribution in [1.29, 1.82) is 0 Å². The van der Waals surface area contributed by atoms with Crippen LogP contribution in [-0.4, -0.2) is 22.2 Å². The number of rotatable bonds is 5. The van der Waals surface area contributed by atoms with E-state index in [4.69, 9.17) is 14.6 Å². The summed E-state index contributed by atoms with van der Waals surface area (Å²) in [5, 5.41) is 8.84. The zero-order valence-corrected chi connectivity index (χ0v) is 11.2. The van der Waals surface area contributed by atoms with E-state index in [1.165, 1.54) is 12.1 Å². The number of benzene rings is 1. The van der Waals surface area contributed by atoms with Crippen molar-refractivity contribution in [2.24, 2.45) is 0 Å². The molecule has 1 aromatic carbocycles. The molecule has 1 N–H and O–H groups in total. The number of hydrogen-bond donors (Lipinski definition) is 1. The largest absolute Gasteiger partial charge is 0.485 e. The molecule has 0 radical (unpaired) electrons. The number of pyridine rings is 1. The molecule has 0 spiro atoms. The van der Waals surface area contributed by atoms with Gasteiger partial charge in [-0.15, -0.1) is 0 Å². The van der Waals surface area contributed by atoms with Crippen LogP contribution in [0.5, 0.6) is 17.4 Å². The minimum absolute atomic E-state index is 0.0101. The third-order valence-electron chi connectivity index (χ3n) is 2.41. The van der Waals surface area contributed by atoms with Crippen LogP contribution >= 0.6 is 0 Å². The van der Waals surface area contributed by atoms with Crippen LogP contribution in [0.15, 0.2) is 42.6 Å². The van der Waals surface area contributed by atoms with E-state index in [-0.39, 0.29) is 11.7 Å². The lowest BCUT2D eigenvalue weighted by Crippen LogP contribution is -2.07. The quantitative estimate of drug-likeness (QED) is 0.904. The van der Waals surface area contributed by atoms with Crippen molar-refractivity contribution in [2.75, 3.05) is 0 Å². The highest BCUT2D eigenvalue weighted by Gasteiger charge is 2.09. The molecule has 5 heteroatoms. The van der Waals surface area contributed by atoms with Crippen LogP contribution in [0, 0.1) is 0 Å². The van der Waals surface area contributed by atoms with E-state index in [1.807, 2.05) is 13.8 Å². The number of aromatic nitrogens is 1. The first kappa shape index (κ1) is 13.9. The molecule has 5 nitrogen and oxygen atoms in total. The molecule has 0 saturated carbocycles. The number of carboxylic acids is 1. The van der Waals surface area contributed by atoms with E-state index in [1.54, 1.807) is 30.5 Å². The second-order valence-electron chi connectivity index (χ2n) is 4.40. The van der Waals surface area contributed by atoms with Crippen LogP contribution in [0.4, 0.5) is 0 Å². The number of carbonyl (C=O) groups is 1. The normalized spacial score (nSPS) is 10.3. The van der Waals surface area contributed by atoms with Crippen molar-refractivity contribution < 1.29 is 19.4 Å². The first-order valence-electron chi connectivity index (χ1n) is 6.19. The summed E-state index contributed by atoms with van der Waals surface area (Å²) in [5.41, 5.74) is 0.206. The Morgan fingerprint density at radius 3 is 2.50 bits per heavy atom. The second kappa shape index (κ2) is 6.06. The van der Waals surface area contributed by atoms with Gasteiger partial charge in [0.15, 0.2) is 5.75 Å². The van der Waals surface area contributed by atoms with Crippen molar-refractivity contribution in [3.63, 3.8) is 0 Å². The van der Waals surface area contributed by atoms with E-state index in [2.05, 4.69) is 4.98 Å². The molecule has 1 aromatic heterocycles. The molecule has 0 aliphatic heterocycles. The molecule has 0 bridgehead atoms. The standard InChI is InChI=1S/C15H15NO4/c1-10(2)19-13-4-3-9-16-14(13)20-12-7-5-11(6-8-12)15(17)18/h3-10H,1-2H3,(H,17,18). The summed E-state index contributed by atoms with van der Waals surface area (Å²) in [4.78, 5) is 14.9. The van der Waals surface area contributed by atoms with Crippen LogP contribution in [0.3, 0.4) is 0 Å². The Kier molecular flexibility index (Phi) is 4.20. The van der Waals surface area contributed by atoms with Crippen LogP contribution in [0.25, 0.3) is 0 Å². The van der Waals surface area contributed by atoms with Crippen LogP contribution in [0.1, 0.15) is 24.2 Å². The van der Waals surface area contributed by atoms with Gasteiger partial charge >= 0.3 is 5.97 Å². The van der Waals surface area contributed by atoms with Gasteiger partial charge in [-0.1, -0.05) is 0 Å². The zero-order valence-electron chi connectivity index (χ0n) is 11.2. The second-order valence-corrected chi connectivity index (χ2v) is 4.40. The lowest BCUT2D eigenvalue weighted by Gasteiger charge is -2.13. The van der Waals surface area contributed by atoms with Gasteiger partial charge in [0.05, 0.1) is 11.7 Å². The number of nitrogens with zero attached hydrogens (tertiary/aromatic N) is 1. The van der Waals surface area contributed by atoms with Crippen molar-refractivity contribution in [1.82, 2.24) is 4.98 Å². The Labute approximate surface area is 116 Å². The third kappa shape index (κ3) is 3.47. The van der Waals surface area contributed by atoms with Gasteiger partial charge in [0.25, 0.3) is 5.88 Å². The monoisotopic (exact) mass is 273 g/mol. The van der Waals surface area contributed by atoms with Crippen molar-refractivity contribution >= 4 is 5.97 Å². The summed E-state index contributed by atoms with van der Waals surface area (Å²) >= 11 is 0. The lowest BCUT2D eigenvalue weighted by atomic mass is 10.2. The molecule has 0 unspecified atom stereocenters. The van der Waals surface area contributed by atoms with Crippen molar-refractivity contribution in [3.05, 3.63) is 48.2 Å². The smallest absolute Gasteiger partial charge is 0.335 e. The van der Waals surface area contributed by atoms with Crippen LogP contribution < -0.4 is 9.47 Å². The van der Waals surface area contributed by atoms with E-state index in [9.17, 15) is 4.79 Å². The fourth-order valence-corrected chi connectivity index (χ4v) is 1.57. The topological polar surface area (TPSA) is 68.7 Å². The molecule has 0 fully saturated rings. The van der Waals surface area contributed by atoms with E-state index >= 15 is 0 Å². The van der Waals surface area contributed by atoms with Gasteiger partial charge in [-0.3, -0.25) is 0 Å². The predicted molar refractivity (Wildman–Crippen MR) is 73.5 cm³/mol. The molecular formula is C15H15NO4. The Bertz CT molecular complexity index is 593. The third-order valence-corrected chi connectivity index (χ3v) is 2.41. The summed E-state index contributed by atoms with van der Waals surface area (Å²) in [7, 11) is 0. The fourth-order valence-electron chi connectivity index (χ4n) is 1.57. The minimum Gasteiger partial charge on any atom is -0.485 e. The number of hydrogen-bond acceptors (Lipinski definition) is 4. The predicted octanol–water partition coefficient (Wildman–Crippen LogP) is 3.36. The van der Waals surface area contributed by atoms with Gasteiger partial charge in [-0.25, -0.2) is 9.78 Å². The number of aromatic carboxylic acids is 1. The molecule has 1 heterocycles. The van der Waals surface area contributed by atoms with Gasteiger partial charge < -0.3 is 14.6 Å². The van der Waals surface area contributed by atoms with Crippen LogP contribution in [-0.2, 0) is 0 Å². The van der Waals surface area contributed by atoms with Gasteiger partial charge in [0, 0.05) is 6.20 Å². The SMILES string of the molecule is CC(C)Oc1cccnc1Oc1ccc(C(=O)O)cc1. The summed E-state index contributed by atoms with van der Waals surface area (Å²) in [5.74, 6) is 0.426. The Morgan fingerprint density at radius 1 is 1.20 bits per heavy atom. The maximum atomic E-state index is 10.8. The maximum Gasteiger partial charge on any atom is 0.335 e. The highest BCUT2D eigenvalue weighted by molar-refractivity contribution is 5.87. The molecule has 0 atom stereocenters. The summed E-state index contributed by atoms with van der Waals surface area (Å²) in [6.07, 6.45) is 1.62. The molecule has 2 rings (SSSR count). The van der Waals surface area contributed by atoms with Gasteiger partial charge in [0.2, 0.25) is 0 Å². The molecule has 0 aliphatic carbocycles. The lowest BCUT2D eigenvalue weighted by molar-refractivity contribution is 0.0697. The van der Waals surface area contributed by atoms with Crippen molar-refractivity contribution in [3.8, 4) is 17.4 Å². The summed E-state index contributed by atoms with van der Waals surface area (Å²) in [6, 6.07) is 9.65. The van der Waals surface area contributed by atoms with E-state index in [0.29, 0.717) is 17.4 Å². The Hall–Kier alpha value is -2.56. The van der Waals surface area contributed by atoms with Gasteiger partial charge in [-0.2, -0.15) is 0 Å². The average Bonchev–Trinajstić information content (AvgIpc) is 2.41. The summed E-state index contributed by atoms with van der Waals surface area (Å²) < 4.78 is 11.2. The van der Waals surface area contributed by atoms with Gasteiger partial charge in [-0.05, 0) is 50.2 Å². The van der Waals surface area contributed by atoms with Gasteiger partial charge in [0.1, 0.15) is 5.75 Å². The molecule has 20 heavy (non-hydrogen) atoms. The Balaban J connectivity index is 2.19. The molecule has 0 amide bonds. The van der Waals surface area contributed by atoms with E-state index in [0.717, 1.165) is 0 Å². The zero-order chi connectivity index (χ0) is 14.5. The molecule has 0 saturated heterocycles. The van der Waals surface area contributed by atoms with Crippen molar-refractivity contribution in [2.45, 2.75) is 20.0 Å². The Morgan fingerprint density at radius 2 is 1.90 bits per heavy atom. The van der Waals surface area contributed by atoms with E-state index < -0.39 is 5.97 Å². The number of ether oxygens (including phenoxy) is 2. The molecule has 2 aromatic rings. The number of carboxylic acid groups (broad SMARTS) is 1. The molecule has 104 valence electrons. The summed E-state index contributed by atoms with van der Waals surface area (Å²) in [6.45, 7) is 3.83. The highest BCUT2D eigenvalue weighted by Crippen LogP contribution is 2.29. The first-order valence-corrected chi connectivity index (χ1v) is 6.19. The fraction of sp³-hybridized carbons (Fsp3) is 0.200. The average molecular weight is 273 g/mol.